The Morgan fingerprint density at radius 3 is 2.12 bits per heavy atom. The molecular weight excluding hydrogens is 369 g/mol. The molecule has 26 heavy (non-hydrogen) atoms. The summed E-state index contributed by atoms with van der Waals surface area (Å²) in [4.78, 5) is 23.9. The summed E-state index contributed by atoms with van der Waals surface area (Å²) in [5.74, 6) is -1.49. The minimum atomic E-state index is -4.69. The zero-order chi connectivity index (χ0) is 19.5. The number of benzene rings is 2. The van der Waals surface area contributed by atoms with Crippen LogP contribution in [0.2, 0.25) is 5.02 Å². The third-order valence-electron chi connectivity index (χ3n) is 3.54. The molecule has 2 rings (SSSR count). The Hall–Kier alpha value is -2.54. The van der Waals surface area contributed by atoms with Crippen LogP contribution in [0.3, 0.4) is 0 Å². The molecule has 8 heteroatoms. The molecule has 4 nitrogen and oxygen atoms in total. The zero-order valence-electron chi connectivity index (χ0n) is 14.0. The lowest BCUT2D eigenvalue weighted by Crippen LogP contribution is -2.23. The van der Waals surface area contributed by atoms with Crippen LogP contribution in [0.5, 0.6) is 0 Å². The second-order valence-corrected chi connectivity index (χ2v) is 6.22. The number of nitrogens with one attached hydrogen (secondary N) is 2. The molecule has 2 aromatic rings. The average Bonchev–Trinajstić information content (AvgIpc) is 2.50. The predicted octanol–water partition coefficient (Wildman–Crippen LogP) is 4.94. The summed E-state index contributed by atoms with van der Waals surface area (Å²) < 4.78 is 39.0. The van der Waals surface area contributed by atoms with Gasteiger partial charge in [-0.25, -0.2) is 0 Å². The molecule has 0 aromatic heterocycles. The van der Waals surface area contributed by atoms with Gasteiger partial charge >= 0.3 is 6.18 Å². The summed E-state index contributed by atoms with van der Waals surface area (Å²) in [6, 6.07) is 8.34. The first-order chi connectivity index (χ1) is 12.1. The Morgan fingerprint density at radius 1 is 0.962 bits per heavy atom. The molecule has 0 aliphatic carbocycles. The third-order valence-corrected chi connectivity index (χ3v) is 3.77. The van der Waals surface area contributed by atoms with Crippen molar-refractivity contribution in [3.8, 4) is 0 Å². The van der Waals surface area contributed by atoms with E-state index in [9.17, 15) is 22.8 Å². The molecular formula is C18H16ClF3N2O2. The first kappa shape index (κ1) is 19.8. The second-order valence-electron chi connectivity index (χ2n) is 5.78. The van der Waals surface area contributed by atoms with Gasteiger partial charge in [0.25, 0.3) is 0 Å². The SMILES string of the molecule is Cc1ccc(NC(=O)CC(=O)Nc2ccc(Cl)cc2C(F)(F)F)c(C)c1. The van der Waals surface area contributed by atoms with Crippen LogP contribution >= 0.6 is 11.6 Å². The van der Waals surface area contributed by atoms with Crippen molar-refractivity contribution in [3.63, 3.8) is 0 Å². The molecule has 0 saturated heterocycles. The van der Waals surface area contributed by atoms with Crippen LogP contribution in [0.15, 0.2) is 36.4 Å². The smallest absolute Gasteiger partial charge is 0.325 e. The van der Waals surface area contributed by atoms with Crippen LogP contribution in [0.4, 0.5) is 24.5 Å². The number of aryl methyl sites for hydroxylation is 2. The number of carbonyl (C=O) groups is 2. The van der Waals surface area contributed by atoms with E-state index in [0.717, 1.165) is 17.2 Å². The minimum Gasteiger partial charge on any atom is -0.325 e. The van der Waals surface area contributed by atoms with Crippen molar-refractivity contribution in [1.82, 2.24) is 0 Å². The van der Waals surface area contributed by atoms with E-state index in [4.69, 9.17) is 11.6 Å². The number of rotatable bonds is 4. The van der Waals surface area contributed by atoms with E-state index in [-0.39, 0.29) is 5.02 Å². The Balaban J connectivity index is 2.06. The van der Waals surface area contributed by atoms with Crippen LogP contribution in [0.25, 0.3) is 0 Å². The quantitative estimate of drug-likeness (QED) is 0.733. The number of alkyl halides is 3. The first-order valence-electron chi connectivity index (χ1n) is 7.60. The van der Waals surface area contributed by atoms with Crippen LogP contribution in [-0.2, 0) is 15.8 Å². The molecule has 0 spiro atoms. The summed E-state index contributed by atoms with van der Waals surface area (Å²) in [5, 5.41) is 4.56. The average molecular weight is 385 g/mol. The summed E-state index contributed by atoms with van der Waals surface area (Å²) in [6.07, 6.45) is -5.30. The molecule has 0 heterocycles. The Bertz CT molecular complexity index is 851. The van der Waals surface area contributed by atoms with Gasteiger partial charge in [-0.05, 0) is 43.7 Å². The number of hydrogen-bond acceptors (Lipinski definition) is 2. The van der Waals surface area contributed by atoms with E-state index < -0.39 is 35.7 Å². The summed E-state index contributed by atoms with van der Waals surface area (Å²) in [7, 11) is 0. The van der Waals surface area contributed by atoms with E-state index in [0.29, 0.717) is 11.8 Å². The molecule has 0 saturated carbocycles. The number of amides is 2. The highest BCUT2D eigenvalue weighted by Crippen LogP contribution is 2.36. The van der Waals surface area contributed by atoms with Gasteiger partial charge in [-0.3, -0.25) is 9.59 Å². The van der Waals surface area contributed by atoms with E-state index in [2.05, 4.69) is 10.6 Å². The molecule has 0 aliphatic rings. The van der Waals surface area contributed by atoms with E-state index in [1.807, 2.05) is 13.0 Å². The van der Waals surface area contributed by atoms with Gasteiger partial charge in [0.05, 0.1) is 11.3 Å². The molecule has 2 N–H and O–H groups in total. The summed E-state index contributed by atoms with van der Waals surface area (Å²) in [6.45, 7) is 3.70. The van der Waals surface area contributed by atoms with Crippen LogP contribution in [-0.4, -0.2) is 11.8 Å². The Kier molecular flexibility index (Phi) is 5.92. The van der Waals surface area contributed by atoms with Gasteiger partial charge in [0.15, 0.2) is 0 Å². The molecule has 0 aliphatic heterocycles. The first-order valence-corrected chi connectivity index (χ1v) is 7.98. The van der Waals surface area contributed by atoms with E-state index >= 15 is 0 Å². The fourth-order valence-corrected chi connectivity index (χ4v) is 2.52. The topological polar surface area (TPSA) is 58.2 Å². The summed E-state index contributed by atoms with van der Waals surface area (Å²) >= 11 is 5.58. The fourth-order valence-electron chi connectivity index (χ4n) is 2.35. The number of carbonyl (C=O) groups excluding carboxylic acids is 2. The maximum Gasteiger partial charge on any atom is 0.418 e. The van der Waals surface area contributed by atoms with Crippen molar-refractivity contribution in [1.29, 1.82) is 0 Å². The fraction of sp³-hybridized carbons (Fsp3) is 0.222. The second kappa shape index (κ2) is 7.78. The largest absolute Gasteiger partial charge is 0.418 e. The highest BCUT2D eigenvalue weighted by atomic mass is 35.5. The standard InChI is InChI=1S/C18H16ClF3N2O2/c1-10-3-5-14(11(2)7-10)23-16(25)9-17(26)24-15-6-4-12(19)8-13(15)18(20,21)22/h3-8H,9H2,1-2H3,(H,23,25)(H,24,26). The van der Waals surface area contributed by atoms with Gasteiger partial charge in [-0.1, -0.05) is 29.3 Å². The van der Waals surface area contributed by atoms with Gasteiger partial charge in [-0.2, -0.15) is 13.2 Å². The van der Waals surface area contributed by atoms with Crippen molar-refractivity contribution in [3.05, 3.63) is 58.1 Å². The van der Waals surface area contributed by atoms with Gasteiger partial charge in [0.1, 0.15) is 6.42 Å². The molecule has 0 atom stereocenters. The van der Waals surface area contributed by atoms with Crippen LogP contribution < -0.4 is 10.6 Å². The molecule has 0 fully saturated rings. The predicted molar refractivity (Wildman–Crippen MR) is 94.2 cm³/mol. The zero-order valence-corrected chi connectivity index (χ0v) is 14.8. The molecule has 0 radical (unpaired) electrons. The van der Waals surface area contributed by atoms with Crippen molar-refractivity contribution >= 4 is 34.8 Å². The van der Waals surface area contributed by atoms with E-state index in [1.165, 1.54) is 6.07 Å². The Labute approximate surface area is 153 Å². The normalized spacial score (nSPS) is 11.2. The van der Waals surface area contributed by atoms with Gasteiger partial charge in [-0.15, -0.1) is 0 Å². The summed E-state index contributed by atoms with van der Waals surface area (Å²) in [5.41, 5.74) is 0.840. The van der Waals surface area contributed by atoms with Crippen molar-refractivity contribution < 1.29 is 22.8 Å². The molecule has 2 amide bonds. The molecule has 2 aromatic carbocycles. The van der Waals surface area contributed by atoms with Crippen molar-refractivity contribution in [2.24, 2.45) is 0 Å². The maximum absolute atomic E-state index is 13.0. The maximum atomic E-state index is 13.0. The lowest BCUT2D eigenvalue weighted by Gasteiger charge is -2.14. The van der Waals surface area contributed by atoms with Crippen molar-refractivity contribution in [2.75, 3.05) is 10.6 Å². The van der Waals surface area contributed by atoms with Gasteiger partial charge < -0.3 is 10.6 Å². The van der Waals surface area contributed by atoms with Gasteiger partial charge in [0.2, 0.25) is 11.8 Å². The highest BCUT2D eigenvalue weighted by molar-refractivity contribution is 6.30. The number of hydrogen-bond donors (Lipinski definition) is 2. The van der Waals surface area contributed by atoms with E-state index in [1.54, 1.807) is 19.1 Å². The Morgan fingerprint density at radius 2 is 1.54 bits per heavy atom. The van der Waals surface area contributed by atoms with Crippen LogP contribution in [0.1, 0.15) is 23.1 Å². The third kappa shape index (κ3) is 5.23. The number of halogens is 4. The number of anilines is 2. The monoisotopic (exact) mass is 384 g/mol. The molecule has 0 bridgehead atoms. The lowest BCUT2D eigenvalue weighted by atomic mass is 10.1. The van der Waals surface area contributed by atoms with Gasteiger partial charge in [0, 0.05) is 10.7 Å². The molecule has 0 unspecified atom stereocenters. The van der Waals surface area contributed by atoms with Crippen LogP contribution in [0, 0.1) is 13.8 Å². The molecule has 138 valence electrons. The highest BCUT2D eigenvalue weighted by Gasteiger charge is 2.34. The van der Waals surface area contributed by atoms with Crippen molar-refractivity contribution in [2.45, 2.75) is 26.4 Å². The minimum absolute atomic E-state index is 0.108. The lowest BCUT2D eigenvalue weighted by molar-refractivity contribution is -0.137.